The van der Waals surface area contributed by atoms with E-state index in [1.165, 1.54) is 5.56 Å². The number of H-pyrrole nitrogens is 1. The van der Waals surface area contributed by atoms with Crippen LogP contribution in [0, 0.1) is 11.8 Å². The number of Topliss-reactive ketones (excluding diaryl/α,β-unsaturated/α-hetero) is 1. The van der Waals surface area contributed by atoms with Gasteiger partial charge in [-0.2, -0.15) is 5.10 Å². The molecule has 0 saturated heterocycles. The van der Waals surface area contributed by atoms with Gasteiger partial charge in [-0.1, -0.05) is 12.2 Å². The fourth-order valence-corrected chi connectivity index (χ4v) is 2.92. The van der Waals surface area contributed by atoms with Gasteiger partial charge in [0, 0.05) is 18.4 Å². The van der Waals surface area contributed by atoms with Crippen LogP contribution in [0.2, 0.25) is 0 Å². The second-order valence-electron chi connectivity index (χ2n) is 4.52. The quantitative estimate of drug-likeness (QED) is 0.589. The first-order valence-corrected chi connectivity index (χ1v) is 5.45. The number of nitrogens with zero attached hydrogens (tertiary/aromatic N) is 1. The molecule has 1 heterocycles. The first kappa shape index (κ1) is 8.89. The van der Waals surface area contributed by atoms with Crippen LogP contribution in [0.3, 0.4) is 0 Å². The van der Waals surface area contributed by atoms with Crippen LogP contribution >= 0.6 is 0 Å². The fraction of sp³-hybridized carbons (Fsp3) is 0.500. The molecule has 0 bridgehead atoms. The van der Waals surface area contributed by atoms with E-state index in [0.717, 1.165) is 17.8 Å². The number of aromatic nitrogens is 2. The number of aromatic amines is 1. The molecule has 0 aromatic carbocycles. The van der Waals surface area contributed by atoms with E-state index in [9.17, 15) is 4.79 Å². The summed E-state index contributed by atoms with van der Waals surface area (Å²) < 4.78 is 0. The Morgan fingerprint density at radius 1 is 1.60 bits per heavy atom. The number of rotatable bonds is 2. The van der Waals surface area contributed by atoms with E-state index >= 15 is 0 Å². The van der Waals surface area contributed by atoms with E-state index in [1.807, 2.05) is 0 Å². The van der Waals surface area contributed by atoms with E-state index in [1.54, 1.807) is 6.92 Å². The molecule has 3 rings (SSSR count). The van der Waals surface area contributed by atoms with Gasteiger partial charge in [0.25, 0.3) is 0 Å². The Kier molecular flexibility index (Phi) is 1.67. The summed E-state index contributed by atoms with van der Waals surface area (Å²) in [6, 6.07) is 0. The van der Waals surface area contributed by atoms with Crippen molar-refractivity contribution in [3.05, 3.63) is 29.1 Å². The van der Waals surface area contributed by atoms with Crippen LogP contribution < -0.4 is 0 Å². The van der Waals surface area contributed by atoms with Crippen molar-refractivity contribution in [2.45, 2.75) is 26.2 Å². The maximum atomic E-state index is 11.3. The number of allylic oxidation sites excluding steroid dienone is 2. The summed E-state index contributed by atoms with van der Waals surface area (Å²) in [6.07, 6.45) is 5.40. The monoisotopic (exact) mass is 202 g/mol. The lowest BCUT2D eigenvalue weighted by molar-refractivity contribution is 0.101. The average molecular weight is 202 g/mol. The molecule has 3 unspecified atom stereocenters. The molecular formula is C12H14N2O. The molecular weight excluding hydrogens is 188 g/mol. The number of fused-ring (bicyclic) bond motifs is 3. The van der Waals surface area contributed by atoms with Crippen molar-refractivity contribution in [3.8, 4) is 0 Å². The van der Waals surface area contributed by atoms with Crippen molar-refractivity contribution in [2.24, 2.45) is 11.8 Å². The molecule has 78 valence electrons. The summed E-state index contributed by atoms with van der Waals surface area (Å²) in [5, 5.41) is 7.17. The average Bonchev–Trinajstić information content (AvgIpc) is 2.60. The lowest BCUT2D eigenvalue weighted by Gasteiger charge is -1.98. The van der Waals surface area contributed by atoms with Crippen LogP contribution in [-0.2, 0) is 6.42 Å². The number of hydrogen-bond donors (Lipinski definition) is 1. The molecule has 0 spiro atoms. The van der Waals surface area contributed by atoms with E-state index in [0.29, 0.717) is 17.8 Å². The van der Waals surface area contributed by atoms with Crippen LogP contribution in [0.1, 0.15) is 41.5 Å². The lowest BCUT2D eigenvalue weighted by atomic mass is 10.0. The topological polar surface area (TPSA) is 45.8 Å². The Labute approximate surface area is 88.6 Å². The van der Waals surface area contributed by atoms with Crippen molar-refractivity contribution in [3.63, 3.8) is 0 Å². The standard InChI is InChI=1S/C12H14N2O/c1-3-4-7-8-5-9-11(6(2)15)13-14-12(9)10(7)8/h3-4,7-8,10H,5H2,1-2H3,(H,13,14)/b4-3-. The minimum Gasteiger partial charge on any atom is -0.293 e. The first-order valence-electron chi connectivity index (χ1n) is 5.45. The Balaban J connectivity index is 1.94. The fourth-order valence-electron chi connectivity index (χ4n) is 2.92. The highest BCUT2D eigenvalue weighted by atomic mass is 16.1. The molecule has 2 aliphatic rings. The van der Waals surface area contributed by atoms with Crippen molar-refractivity contribution in [1.29, 1.82) is 0 Å². The predicted octanol–water partition coefficient (Wildman–Crippen LogP) is 2.07. The van der Waals surface area contributed by atoms with Crippen LogP contribution in [0.25, 0.3) is 0 Å². The van der Waals surface area contributed by atoms with Crippen LogP contribution in [0.5, 0.6) is 0 Å². The molecule has 1 N–H and O–H groups in total. The van der Waals surface area contributed by atoms with E-state index in [2.05, 4.69) is 29.3 Å². The molecule has 2 aliphatic carbocycles. The van der Waals surface area contributed by atoms with Crippen LogP contribution in [0.4, 0.5) is 0 Å². The zero-order valence-electron chi connectivity index (χ0n) is 8.95. The molecule has 0 aliphatic heterocycles. The second kappa shape index (κ2) is 2.81. The molecule has 1 saturated carbocycles. The summed E-state index contributed by atoms with van der Waals surface area (Å²) >= 11 is 0. The van der Waals surface area contributed by atoms with Crippen LogP contribution in [-0.4, -0.2) is 16.0 Å². The van der Waals surface area contributed by atoms with Gasteiger partial charge in [-0.3, -0.25) is 9.89 Å². The molecule has 3 atom stereocenters. The molecule has 3 nitrogen and oxygen atoms in total. The first-order chi connectivity index (χ1) is 7.24. The molecule has 3 heteroatoms. The number of ketones is 1. The molecule has 1 aromatic rings. The zero-order chi connectivity index (χ0) is 10.6. The molecule has 1 aromatic heterocycles. The highest BCUT2D eigenvalue weighted by molar-refractivity contribution is 5.94. The number of hydrogen-bond acceptors (Lipinski definition) is 2. The smallest absolute Gasteiger partial charge is 0.177 e. The SMILES string of the molecule is C/C=C\C1C2Cc3c(n[nH]c3C(C)=O)C12. The highest BCUT2D eigenvalue weighted by Crippen LogP contribution is 2.61. The summed E-state index contributed by atoms with van der Waals surface area (Å²) in [6.45, 7) is 3.65. The number of nitrogens with one attached hydrogen (secondary N) is 1. The third kappa shape index (κ3) is 1.06. The third-order valence-corrected chi connectivity index (χ3v) is 3.65. The molecule has 15 heavy (non-hydrogen) atoms. The van der Waals surface area contributed by atoms with Gasteiger partial charge in [0.1, 0.15) is 5.69 Å². The van der Waals surface area contributed by atoms with Gasteiger partial charge in [-0.05, 0) is 25.2 Å². The maximum Gasteiger partial charge on any atom is 0.177 e. The number of carbonyl (C=O) groups is 1. The van der Waals surface area contributed by atoms with E-state index < -0.39 is 0 Å². The Morgan fingerprint density at radius 2 is 2.40 bits per heavy atom. The summed E-state index contributed by atoms with van der Waals surface area (Å²) in [5.41, 5.74) is 3.06. The van der Waals surface area contributed by atoms with Gasteiger partial charge in [-0.15, -0.1) is 0 Å². The third-order valence-electron chi connectivity index (χ3n) is 3.65. The summed E-state index contributed by atoms with van der Waals surface area (Å²) in [7, 11) is 0. The van der Waals surface area contributed by atoms with Gasteiger partial charge in [0.15, 0.2) is 5.78 Å². The van der Waals surface area contributed by atoms with Crippen molar-refractivity contribution in [1.82, 2.24) is 10.2 Å². The van der Waals surface area contributed by atoms with Crippen LogP contribution in [0.15, 0.2) is 12.2 Å². The van der Waals surface area contributed by atoms with Crippen molar-refractivity contribution >= 4 is 5.78 Å². The van der Waals surface area contributed by atoms with Gasteiger partial charge < -0.3 is 0 Å². The summed E-state index contributed by atoms with van der Waals surface area (Å²) in [4.78, 5) is 11.3. The van der Waals surface area contributed by atoms with Gasteiger partial charge in [-0.25, -0.2) is 0 Å². The highest BCUT2D eigenvalue weighted by Gasteiger charge is 2.56. The Bertz CT molecular complexity index is 458. The van der Waals surface area contributed by atoms with Gasteiger partial charge in [0.05, 0.1) is 5.69 Å². The summed E-state index contributed by atoms with van der Waals surface area (Å²) in [5.74, 6) is 2.07. The minimum absolute atomic E-state index is 0.104. The second-order valence-corrected chi connectivity index (χ2v) is 4.52. The normalized spacial score (nSPS) is 31.7. The van der Waals surface area contributed by atoms with Crippen molar-refractivity contribution in [2.75, 3.05) is 0 Å². The molecule has 1 fully saturated rings. The molecule has 0 radical (unpaired) electrons. The Hall–Kier alpha value is -1.38. The minimum atomic E-state index is 0.104. The Morgan fingerprint density at radius 3 is 3.07 bits per heavy atom. The van der Waals surface area contributed by atoms with E-state index in [-0.39, 0.29) is 5.78 Å². The molecule has 0 amide bonds. The van der Waals surface area contributed by atoms with E-state index in [4.69, 9.17) is 0 Å². The lowest BCUT2D eigenvalue weighted by Crippen LogP contribution is -1.99. The number of carbonyl (C=O) groups excluding carboxylic acids is 1. The van der Waals surface area contributed by atoms with Gasteiger partial charge in [0.2, 0.25) is 0 Å². The van der Waals surface area contributed by atoms with Gasteiger partial charge >= 0.3 is 0 Å². The van der Waals surface area contributed by atoms with Crippen molar-refractivity contribution < 1.29 is 4.79 Å². The zero-order valence-corrected chi connectivity index (χ0v) is 8.95. The maximum absolute atomic E-state index is 11.3. The predicted molar refractivity (Wildman–Crippen MR) is 56.8 cm³/mol. The largest absolute Gasteiger partial charge is 0.293 e.